The molecule has 0 radical (unpaired) electrons. The van der Waals surface area contributed by atoms with Gasteiger partial charge >= 0.3 is 0 Å². The molecule has 3 N–H and O–H groups in total. The minimum Gasteiger partial charge on any atom is -0.384 e. The van der Waals surface area contributed by atoms with Gasteiger partial charge in [-0.3, -0.25) is 9.69 Å². The van der Waals surface area contributed by atoms with Gasteiger partial charge in [0.2, 0.25) is 5.91 Å². The molecule has 0 bridgehead atoms. The SMILES string of the molecule is CN1C(=O)C[C@@](C)(c2ccc3sc4ccc(C#CCO)cc4c3c2)N=C1N. The molecule has 0 unspecified atom stereocenters. The Morgan fingerprint density at radius 2 is 1.96 bits per heavy atom. The average Bonchev–Trinajstić information content (AvgIpc) is 3.01. The molecule has 1 aliphatic heterocycles. The van der Waals surface area contributed by atoms with Crippen molar-refractivity contribution >= 4 is 43.4 Å². The number of benzene rings is 2. The third-order valence-electron chi connectivity index (χ3n) is 4.98. The molecule has 0 saturated carbocycles. The summed E-state index contributed by atoms with van der Waals surface area (Å²) in [6, 6.07) is 12.3. The fraction of sp³-hybridized carbons (Fsp3) is 0.238. The molecule has 3 aromatic rings. The summed E-state index contributed by atoms with van der Waals surface area (Å²) in [5, 5.41) is 11.1. The summed E-state index contributed by atoms with van der Waals surface area (Å²) in [5.41, 5.74) is 7.11. The lowest BCUT2D eigenvalue weighted by molar-refractivity contribution is -0.128. The second-order valence-electron chi connectivity index (χ2n) is 6.86. The van der Waals surface area contributed by atoms with E-state index in [-0.39, 0.29) is 24.9 Å². The van der Waals surface area contributed by atoms with E-state index < -0.39 is 5.54 Å². The molecule has 0 fully saturated rings. The first kappa shape index (κ1) is 17.5. The van der Waals surface area contributed by atoms with Gasteiger partial charge in [-0.05, 0) is 42.8 Å². The third kappa shape index (κ3) is 2.95. The highest BCUT2D eigenvalue weighted by Crippen LogP contribution is 2.39. The van der Waals surface area contributed by atoms with E-state index in [2.05, 4.69) is 35.0 Å². The van der Waals surface area contributed by atoms with Gasteiger partial charge in [0.25, 0.3) is 0 Å². The number of guanidine groups is 1. The number of thiophene rings is 1. The van der Waals surface area contributed by atoms with E-state index in [9.17, 15) is 4.79 Å². The van der Waals surface area contributed by atoms with Crippen LogP contribution in [0.3, 0.4) is 0 Å². The van der Waals surface area contributed by atoms with Crippen molar-refractivity contribution in [3.05, 3.63) is 47.5 Å². The van der Waals surface area contributed by atoms with Gasteiger partial charge in [-0.1, -0.05) is 17.9 Å². The Bertz CT molecular complexity index is 1170. The van der Waals surface area contributed by atoms with Crippen LogP contribution in [0.5, 0.6) is 0 Å². The average molecular weight is 377 g/mol. The summed E-state index contributed by atoms with van der Waals surface area (Å²) in [5.74, 6) is 5.85. The van der Waals surface area contributed by atoms with Crippen LogP contribution in [0.25, 0.3) is 20.2 Å². The molecular weight excluding hydrogens is 358 g/mol. The fourth-order valence-electron chi connectivity index (χ4n) is 3.41. The minimum atomic E-state index is -0.676. The topological polar surface area (TPSA) is 78.9 Å². The second kappa shape index (κ2) is 6.38. The van der Waals surface area contributed by atoms with Gasteiger partial charge in [-0.25, -0.2) is 4.99 Å². The number of aliphatic hydroxyl groups excluding tert-OH is 1. The maximum absolute atomic E-state index is 12.3. The van der Waals surface area contributed by atoms with E-state index >= 15 is 0 Å². The van der Waals surface area contributed by atoms with Gasteiger partial charge < -0.3 is 10.8 Å². The van der Waals surface area contributed by atoms with Crippen molar-refractivity contribution in [2.75, 3.05) is 13.7 Å². The molecule has 136 valence electrons. The Morgan fingerprint density at radius 3 is 2.67 bits per heavy atom. The largest absolute Gasteiger partial charge is 0.384 e. The van der Waals surface area contributed by atoms with Gasteiger partial charge in [-0.15, -0.1) is 11.3 Å². The molecule has 2 heterocycles. The van der Waals surface area contributed by atoms with Gasteiger partial charge in [0.05, 0.1) is 12.0 Å². The highest BCUT2D eigenvalue weighted by molar-refractivity contribution is 7.25. The monoisotopic (exact) mass is 377 g/mol. The number of rotatable bonds is 1. The molecule has 27 heavy (non-hydrogen) atoms. The lowest BCUT2D eigenvalue weighted by atomic mass is 9.87. The van der Waals surface area contributed by atoms with Crippen LogP contribution in [0.4, 0.5) is 0 Å². The van der Waals surface area contributed by atoms with Gasteiger partial charge in [0, 0.05) is 32.8 Å². The van der Waals surface area contributed by atoms with Crippen LogP contribution in [0, 0.1) is 11.8 Å². The number of carbonyl (C=O) groups excluding carboxylic acids is 1. The van der Waals surface area contributed by atoms with E-state index in [0.717, 1.165) is 21.9 Å². The van der Waals surface area contributed by atoms with E-state index in [1.807, 2.05) is 25.1 Å². The number of aliphatic hydroxyl groups is 1. The number of fused-ring (bicyclic) bond motifs is 3. The maximum atomic E-state index is 12.3. The highest BCUT2D eigenvalue weighted by atomic mass is 32.1. The normalized spacial score (nSPS) is 19.9. The number of aliphatic imine (C=N–C) groups is 1. The van der Waals surface area contributed by atoms with Crippen LogP contribution in [0.1, 0.15) is 24.5 Å². The summed E-state index contributed by atoms with van der Waals surface area (Å²) in [6.45, 7) is 1.78. The smallest absolute Gasteiger partial charge is 0.231 e. The third-order valence-corrected chi connectivity index (χ3v) is 6.13. The Morgan fingerprint density at radius 1 is 1.26 bits per heavy atom. The lowest BCUT2D eigenvalue weighted by Crippen LogP contribution is -2.47. The van der Waals surface area contributed by atoms with Crippen LogP contribution in [0.15, 0.2) is 41.4 Å². The van der Waals surface area contributed by atoms with Crippen molar-refractivity contribution in [1.29, 1.82) is 0 Å². The lowest BCUT2D eigenvalue weighted by Gasteiger charge is -2.33. The van der Waals surface area contributed by atoms with Gasteiger partial charge in [0.15, 0.2) is 5.96 Å². The summed E-state index contributed by atoms with van der Waals surface area (Å²) >= 11 is 1.72. The quantitative estimate of drug-likeness (QED) is 0.640. The Kier molecular flexibility index (Phi) is 4.14. The number of amides is 1. The number of nitrogens with two attached hydrogens (primary N) is 1. The zero-order chi connectivity index (χ0) is 19.2. The maximum Gasteiger partial charge on any atom is 0.231 e. The van der Waals surface area contributed by atoms with Crippen molar-refractivity contribution in [2.24, 2.45) is 10.7 Å². The molecule has 0 aliphatic carbocycles. The van der Waals surface area contributed by atoms with Crippen LogP contribution < -0.4 is 5.73 Å². The number of nitrogens with zero attached hydrogens (tertiary/aromatic N) is 2. The Labute approximate surface area is 161 Å². The Balaban J connectivity index is 1.88. The molecule has 1 aromatic heterocycles. The molecule has 2 aromatic carbocycles. The molecular formula is C21H19N3O2S. The molecule has 6 heteroatoms. The first-order chi connectivity index (χ1) is 12.9. The van der Waals surface area contributed by atoms with Crippen molar-refractivity contribution in [1.82, 2.24) is 4.90 Å². The summed E-state index contributed by atoms with van der Waals surface area (Å²) in [7, 11) is 1.64. The first-order valence-electron chi connectivity index (χ1n) is 8.60. The van der Waals surface area contributed by atoms with E-state index in [4.69, 9.17) is 10.8 Å². The van der Waals surface area contributed by atoms with E-state index in [0.29, 0.717) is 0 Å². The minimum absolute atomic E-state index is 0.0400. The first-order valence-corrected chi connectivity index (χ1v) is 9.41. The molecule has 4 rings (SSSR count). The Hall–Kier alpha value is -2.88. The highest BCUT2D eigenvalue weighted by Gasteiger charge is 2.36. The summed E-state index contributed by atoms with van der Waals surface area (Å²) < 4.78 is 2.34. The van der Waals surface area contributed by atoms with Crippen LogP contribution in [-0.4, -0.2) is 35.5 Å². The van der Waals surface area contributed by atoms with Crippen LogP contribution >= 0.6 is 11.3 Å². The zero-order valence-electron chi connectivity index (χ0n) is 15.1. The molecule has 1 atom stereocenters. The molecule has 5 nitrogen and oxygen atoms in total. The van der Waals surface area contributed by atoms with E-state index in [1.165, 1.54) is 14.3 Å². The van der Waals surface area contributed by atoms with Crippen LogP contribution in [-0.2, 0) is 10.3 Å². The molecule has 0 spiro atoms. The second-order valence-corrected chi connectivity index (χ2v) is 7.94. The molecule has 0 saturated heterocycles. The fourth-order valence-corrected chi connectivity index (χ4v) is 4.47. The molecule has 1 amide bonds. The van der Waals surface area contributed by atoms with Crippen LogP contribution in [0.2, 0.25) is 0 Å². The number of hydrogen-bond acceptors (Lipinski definition) is 5. The van der Waals surface area contributed by atoms with Crippen molar-refractivity contribution in [3.8, 4) is 11.8 Å². The van der Waals surface area contributed by atoms with E-state index in [1.54, 1.807) is 18.4 Å². The van der Waals surface area contributed by atoms with Crippen molar-refractivity contribution in [2.45, 2.75) is 18.9 Å². The van der Waals surface area contributed by atoms with Gasteiger partial charge in [0.1, 0.15) is 6.61 Å². The number of hydrogen-bond donors (Lipinski definition) is 2. The van der Waals surface area contributed by atoms with Gasteiger partial charge in [-0.2, -0.15) is 0 Å². The standard InChI is InChI=1S/C21H19N3O2S/c1-21(12-19(26)24(2)20(22)23-21)14-6-8-18-16(11-14)15-10-13(4-3-9-25)5-7-17(15)27-18/h5-8,10-11,25H,9,12H2,1-2H3,(H2,22,23)/t21-/m0/s1. The predicted octanol–water partition coefficient (Wildman–Crippen LogP) is 2.79. The summed E-state index contributed by atoms with van der Waals surface area (Å²) in [4.78, 5) is 18.3. The van der Waals surface area contributed by atoms with Crippen molar-refractivity contribution < 1.29 is 9.90 Å². The molecule has 1 aliphatic rings. The number of carbonyl (C=O) groups is 1. The summed E-state index contributed by atoms with van der Waals surface area (Å²) in [6.07, 6.45) is 0.283. The van der Waals surface area contributed by atoms with Crippen molar-refractivity contribution in [3.63, 3.8) is 0 Å². The zero-order valence-corrected chi connectivity index (χ0v) is 15.9. The predicted molar refractivity (Wildman–Crippen MR) is 110 cm³/mol.